The van der Waals surface area contributed by atoms with Gasteiger partial charge < -0.3 is 11.1 Å². The van der Waals surface area contributed by atoms with E-state index in [-0.39, 0.29) is 19.1 Å². The molecule has 1 aromatic carbocycles. The number of primary amides is 1. The smallest absolute Gasteiger partial charge is 0.245 e. The number of carbonyl (C=O) groups excluding carboxylic acids is 2. The summed E-state index contributed by atoms with van der Waals surface area (Å²) in [4.78, 5) is 26.2. The van der Waals surface area contributed by atoms with Crippen molar-refractivity contribution < 1.29 is 14.4 Å². The fourth-order valence-electron chi connectivity index (χ4n) is 1.10. The fourth-order valence-corrected chi connectivity index (χ4v) is 1.10. The molecule has 0 atom stereocenters. The van der Waals surface area contributed by atoms with Crippen molar-refractivity contribution in [2.45, 2.75) is 6.54 Å². The average molecular weight is 237 g/mol. The monoisotopic (exact) mass is 237 g/mol. The second-order valence-electron chi connectivity index (χ2n) is 3.34. The lowest BCUT2D eigenvalue weighted by Gasteiger charge is -2.06. The molecule has 0 aliphatic carbocycles. The van der Waals surface area contributed by atoms with Crippen LogP contribution in [0.5, 0.6) is 0 Å². The first-order valence-electron chi connectivity index (χ1n) is 5.12. The molecule has 4 N–H and O–H groups in total. The molecule has 0 heterocycles. The predicted molar refractivity (Wildman–Crippen MR) is 61.4 cm³/mol. The van der Waals surface area contributed by atoms with E-state index in [9.17, 15) is 9.59 Å². The zero-order chi connectivity index (χ0) is 12.5. The Bertz CT molecular complexity index is 367. The molecule has 0 spiro atoms. The Hall–Kier alpha value is -1.92. The van der Waals surface area contributed by atoms with Crippen LogP contribution in [0.3, 0.4) is 0 Å². The Morgan fingerprint density at radius 1 is 1.24 bits per heavy atom. The molecule has 2 amide bonds. The summed E-state index contributed by atoms with van der Waals surface area (Å²) in [5, 5.41) is 2.69. The van der Waals surface area contributed by atoms with Crippen molar-refractivity contribution in [3.8, 4) is 0 Å². The van der Waals surface area contributed by atoms with Gasteiger partial charge in [-0.05, 0) is 5.56 Å². The molecule has 0 saturated carbocycles. The molecule has 0 unspecified atom stereocenters. The second-order valence-corrected chi connectivity index (χ2v) is 3.34. The highest BCUT2D eigenvalue weighted by molar-refractivity contribution is 5.78. The van der Waals surface area contributed by atoms with Crippen molar-refractivity contribution in [2.75, 3.05) is 13.2 Å². The van der Waals surface area contributed by atoms with Crippen LogP contribution >= 0.6 is 0 Å². The summed E-state index contributed by atoms with van der Waals surface area (Å²) in [6, 6.07) is 9.53. The third-order valence-corrected chi connectivity index (χ3v) is 1.88. The SMILES string of the molecule is NC(=O)CONCC(=O)NCc1ccccc1. The number of rotatable bonds is 7. The third kappa shape index (κ3) is 6.29. The number of hydroxylamine groups is 1. The first-order chi connectivity index (χ1) is 8.18. The lowest BCUT2D eigenvalue weighted by atomic mass is 10.2. The van der Waals surface area contributed by atoms with Crippen LogP contribution in [0.4, 0.5) is 0 Å². The maximum Gasteiger partial charge on any atom is 0.245 e. The van der Waals surface area contributed by atoms with E-state index in [0.29, 0.717) is 6.54 Å². The minimum atomic E-state index is -0.595. The Morgan fingerprint density at radius 3 is 2.59 bits per heavy atom. The summed E-state index contributed by atoms with van der Waals surface area (Å²) in [6.45, 7) is 0.170. The molecule has 0 aliphatic rings. The van der Waals surface area contributed by atoms with Gasteiger partial charge in [0, 0.05) is 6.54 Å². The van der Waals surface area contributed by atoms with Crippen LogP contribution in [0.1, 0.15) is 5.56 Å². The number of carbonyl (C=O) groups is 2. The summed E-state index contributed by atoms with van der Waals surface area (Å²) in [5.74, 6) is -0.819. The van der Waals surface area contributed by atoms with Gasteiger partial charge in [-0.2, -0.15) is 5.48 Å². The molecule has 1 aromatic rings. The van der Waals surface area contributed by atoms with E-state index < -0.39 is 5.91 Å². The van der Waals surface area contributed by atoms with Crippen LogP contribution in [-0.4, -0.2) is 25.0 Å². The van der Waals surface area contributed by atoms with Crippen LogP contribution in [0, 0.1) is 0 Å². The fraction of sp³-hybridized carbons (Fsp3) is 0.273. The van der Waals surface area contributed by atoms with E-state index in [2.05, 4.69) is 15.6 Å². The van der Waals surface area contributed by atoms with E-state index in [1.807, 2.05) is 30.3 Å². The van der Waals surface area contributed by atoms with E-state index in [1.54, 1.807) is 0 Å². The normalized spacial score (nSPS) is 9.88. The minimum absolute atomic E-state index is 0.0277. The maximum absolute atomic E-state index is 11.3. The van der Waals surface area contributed by atoms with Gasteiger partial charge in [0.05, 0.1) is 6.54 Å². The Kier molecular flexibility index (Phi) is 5.70. The minimum Gasteiger partial charge on any atom is -0.368 e. The van der Waals surface area contributed by atoms with E-state index in [4.69, 9.17) is 5.73 Å². The van der Waals surface area contributed by atoms with Gasteiger partial charge in [-0.1, -0.05) is 30.3 Å². The first-order valence-corrected chi connectivity index (χ1v) is 5.12. The molecule has 6 nitrogen and oxygen atoms in total. The number of hydrogen-bond donors (Lipinski definition) is 3. The van der Waals surface area contributed by atoms with Crippen molar-refractivity contribution in [2.24, 2.45) is 5.73 Å². The van der Waals surface area contributed by atoms with Crippen LogP contribution in [0.15, 0.2) is 30.3 Å². The van der Waals surface area contributed by atoms with Gasteiger partial charge in [-0.3, -0.25) is 14.4 Å². The van der Waals surface area contributed by atoms with Crippen molar-refractivity contribution in [3.63, 3.8) is 0 Å². The van der Waals surface area contributed by atoms with Gasteiger partial charge in [-0.15, -0.1) is 0 Å². The summed E-state index contributed by atoms with van der Waals surface area (Å²) < 4.78 is 0. The van der Waals surface area contributed by atoms with Gasteiger partial charge in [-0.25, -0.2) is 0 Å². The molecule has 0 saturated heterocycles. The molecule has 0 bridgehead atoms. The molecule has 0 fully saturated rings. The van der Waals surface area contributed by atoms with Crippen LogP contribution < -0.4 is 16.5 Å². The zero-order valence-corrected chi connectivity index (χ0v) is 9.31. The Labute approximate surface area is 99.1 Å². The summed E-state index contributed by atoms with van der Waals surface area (Å²) in [6.07, 6.45) is 0. The highest BCUT2D eigenvalue weighted by Crippen LogP contribution is 1.96. The molecular weight excluding hydrogens is 222 g/mol. The van der Waals surface area contributed by atoms with E-state index in [1.165, 1.54) is 0 Å². The highest BCUT2D eigenvalue weighted by atomic mass is 16.6. The molecule has 6 heteroatoms. The Balaban J connectivity index is 2.11. The van der Waals surface area contributed by atoms with Gasteiger partial charge >= 0.3 is 0 Å². The lowest BCUT2D eigenvalue weighted by Crippen LogP contribution is -2.35. The molecule has 0 radical (unpaired) electrons. The van der Waals surface area contributed by atoms with Crippen LogP contribution in [-0.2, 0) is 21.0 Å². The molecule has 17 heavy (non-hydrogen) atoms. The van der Waals surface area contributed by atoms with Crippen LogP contribution in [0.2, 0.25) is 0 Å². The van der Waals surface area contributed by atoms with Crippen molar-refractivity contribution >= 4 is 11.8 Å². The molecule has 92 valence electrons. The standard InChI is InChI=1S/C11H15N3O3/c12-10(15)8-17-14-7-11(16)13-6-9-4-2-1-3-5-9/h1-5,14H,6-8H2,(H2,12,15)(H,13,16). The maximum atomic E-state index is 11.3. The molecule has 0 aromatic heterocycles. The molecular formula is C11H15N3O3. The number of amides is 2. The lowest BCUT2D eigenvalue weighted by molar-refractivity contribution is -0.129. The van der Waals surface area contributed by atoms with Gasteiger partial charge in [0.1, 0.15) is 6.61 Å². The quantitative estimate of drug-likeness (QED) is 0.432. The molecule has 0 aliphatic heterocycles. The van der Waals surface area contributed by atoms with Crippen LogP contribution in [0.25, 0.3) is 0 Å². The molecule has 1 rings (SSSR count). The summed E-state index contributed by atoms with van der Waals surface area (Å²) in [7, 11) is 0. The number of benzene rings is 1. The van der Waals surface area contributed by atoms with Gasteiger partial charge in [0.15, 0.2) is 0 Å². The topological polar surface area (TPSA) is 93.5 Å². The van der Waals surface area contributed by atoms with Gasteiger partial charge in [0.2, 0.25) is 11.8 Å². The third-order valence-electron chi connectivity index (χ3n) is 1.88. The Morgan fingerprint density at radius 2 is 1.94 bits per heavy atom. The first kappa shape index (κ1) is 13.1. The number of nitrogens with two attached hydrogens (primary N) is 1. The summed E-state index contributed by atoms with van der Waals surface area (Å²) >= 11 is 0. The predicted octanol–water partition coefficient (Wildman–Crippen LogP) is -0.691. The van der Waals surface area contributed by atoms with E-state index >= 15 is 0 Å². The highest BCUT2D eigenvalue weighted by Gasteiger charge is 2.01. The number of nitrogens with one attached hydrogen (secondary N) is 2. The summed E-state index contributed by atoms with van der Waals surface area (Å²) in [5.41, 5.74) is 8.19. The zero-order valence-electron chi connectivity index (χ0n) is 9.31. The number of hydrogen-bond acceptors (Lipinski definition) is 4. The van der Waals surface area contributed by atoms with E-state index in [0.717, 1.165) is 5.56 Å². The van der Waals surface area contributed by atoms with Crippen molar-refractivity contribution in [1.29, 1.82) is 0 Å². The average Bonchev–Trinajstić information content (AvgIpc) is 2.33. The van der Waals surface area contributed by atoms with Crippen molar-refractivity contribution in [3.05, 3.63) is 35.9 Å². The van der Waals surface area contributed by atoms with Crippen molar-refractivity contribution in [1.82, 2.24) is 10.8 Å². The second kappa shape index (κ2) is 7.37. The van der Waals surface area contributed by atoms with Gasteiger partial charge in [0.25, 0.3) is 0 Å². The largest absolute Gasteiger partial charge is 0.368 e.